The first-order chi connectivity index (χ1) is 18.5. The number of hydrogen-bond donors (Lipinski definition) is 2. The van der Waals surface area contributed by atoms with E-state index in [9.17, 15) is 27.8 Å². The quantitative estimate of drug-likeness (QED) is 0.341. The maximum absolute atomic E-state index is 14.8. The number of aryl methyl sites for hydroxylation is 3. The molecule has 0 saturated heterocycles. The molecule has 2 N–H and O–H groups in total. The Bertz CT molecular complexity index is 1890. The van der Waals surface area contributed by atoms with Crippen LogP contribution in [0.4, 0.5) is 15.9 Å². The van der Waals surface area contributed by atoms with E-state index in [1.165, 1.54) is 45.9 Å². The van der Waals surface area contributed by atoms with Crippen molar-refractivity contribution in [3.8, 4) is 5.69 Å². The third-order valence-corrected chi connectivity index (χ3v) is 8.07. The Labute approximate surface area is 224 Å². The highest BCUT2D eigenvalue weighted by atomic mass is 32.2. The van der Waals surface area contributed by atoms with Gasteiger partial charge in [0.2, 0.25) is 6.41 Å². The van der Waals surface area contributed by atoms with Gasteiger partial charge in [-0.2, -0.15) is 0 Å². The van der Waals surface area contributed by atoms with Crippen molar-refractivity contribution in [2.75, 3.05) is 5.32 Å². The minimum Gasteiger partial charge on any atom is -0.338 e. The molecule has 12 heteroatoms. The molecule has 0 spiro atoms. The second-order valence-corrected chi connectivity index (χ2v) is 10.9. The van der Waals surface area contributed by atoms with Gasteiger partial charge >= 0.3 is 5.69 Å². The smallest absolute Gasteiger partial charge is 0.336 e. The van der Waals surface area contributed by atoms with E-state index in [-0.39, 0.29) is 34.0 Å². The number of carbonyl (C=O) groups is 1. The van der Waals surface area contributed by atoms with Gasteiger partial charge in [0.15, 0.2) is 11.0 Å². The van der Waals surface area contributed by atoms with Gasteiger partial charge in [0.05, 0.1) is 21.8 Å². The zero-order chi connectivity index (χ0) is 28.2. The maximum atomic E-state index is 14.8. The van der Waals surface area contributed by atoms with Crippen molar-refractivity contribution in [2.45, 2.75) is 44.6 Å². The zero-order valence-corrected chi connectivity index (χ0v) is 22.5. The molecular weight excluding hydrogens is 525 g/mol. The van der Waals surface area contributed by atoms with E-state index >= 15 is 0 Å². The molecule has 10 nitrogen and oxygen atoms in total. The van der Waals surface area contributed by atoms with Crippen molar-refractivity contribution in [1.82, 2.24) is 18.4 Å². The molecule has 5 rings (SSSR count). The number of hydrogen-bond acceptors (Lipinski definition) is 6. The van der Waals surface area contributed by atoms with Gasteiger partial charge in [-0.1, -0.05) is 6.07 Å². The molecule has 2 aromatic heterocycles. The number of aromatic nitrogens is 3. The Morgan fingerprint density at radius 2 is 1.74 bits per heavy atom. The summed E-state index contributed by atoms with van der Waals surface area (Å²) >= 11 is 0. The number of halogens is 1. The molecule has 1 fully saturated rings. The summed E-state index contributed by atoms with van der Waals surface area (Å²) in [5.74, 6) is -0.503. The number of rotatable bonds is 7. The zero-order valence-electron chi connectivity index (χ0n) is 21.7. The van der Waals surface area contributed by atoms with Crippen LogP contribution in [0.3, 0.4) is 0 Å². The molecule has 1 saturated carbocycles. The number of carbonyl (C=O) groups excluding carboxylic acids is 1. The van der Waals surface area contributed by atoms with Crippen LogP contribution >= 0.6 is 0 Å². The summed E-state index contributed by atoms with van der Waals surface area (Å²) in [6, 6.07) is 8.91. The Hall–Kier alpha value is -4.32. The van der Waals surface area contributed by atoms with Gasteiger partial charge < -0.3 is 5.32 Å². The minimum absolute atomic E-state index is 0.0566. The first kappa shape index (κ1) is 26.3. The largest absolute Gasteiger partial charge is 0.338 e. The molecule has 1 atom stereocenters. The lowest BCUT2D eigenvalue weighted by molar-refractivity contribution is -0.108. The van der Waals surface area contributed by atoms with E-state index in [0.717, 1.165) is 0 Å². The van der Waals surface area contributed by atoms with Crippen LogP contribution in [0.25, 0.3) is 16.6 Å². The van der Waals surface area contributed by atoms with E-state index in [1.807, 2.05) is 0 Å². The standard InChI is InChI=1S/C27H26FN5O5S/c1-14-5-9-20(19(28)11-14)30-24-22-23(16(3)25(35)31(24)4)32(27(37)33(26(22)36)17-6-7-17)18-8-10-21(15(2)12-18)39(38)29-13-34/h5,8-13,17,30H,6-7H2,1-4H3,(H,29,34). The highest BCUT2D eigenvalue weighted by Crippen LogP contribution is 2.34. The van der Waals surface area contributed by atoms with Gasteiger partial charge in [0, 0.05) is 18.7 Å². The fraction of sp³-hybridized carbons (Fsp3) is 0.259. The minimum atomic E-state index is -1.80. The second-order valence-electron chi connectivity index (χ2n) is 9.65. The Morgan fingerprint density at radius 3 is 2.36 bits per heavy atom. The van der Waals surface area contributed by atoms with Crippen molar-refractivity contribution in [2.24, 2.45) is 7.05 Å². The molecule has 1 unspecified atom stereocenters. The van der Waals surface area contributed by atoms with Crippen LogP contribution in [0, 0.1) is 26.6 Å². The molecule has 4 aromatic rings. The van der Waals surface area contributed by atoms with E-state index in [4.69, 9.17) is 0 Å². The summed E-state index contributed by atoms with van der Waals surface area (Å²) in [5, 5.41) is 3.00. The molecule has 39 heavy (non-hydrogen) atoms. The van der Waals surface area contributed by atoms with Crippen molar-refractivity contribution in [3.05, 3.63) is 90.1 Å². The molecule has 202 valence electrons. The van der Waals surface area contributed by atoms with Crippen LogP contribution in [0.2, 0.25) is 0 Å². The lowest BCUT2D eigenvalue weighted by Gasteiger charge is -2.21. The lowest BCUT2D eigenvalue weighted by atomic mass is 10.1. The Balaban J connectivity index is 1.88. The normalized spacial score (nSPS) is 13.9. The third-order valence-electron chi connectivity index (χ3n) is 6.90. The summed E-state index contributed by atoms with van der Waals surface area (Å²) in [5.41, 5.74) is 0.226. The van der Waals surface area contributed by atoms with Gasteiger partial charge in [-0.15, -0.1) is 0 Å². The molecule has 0 radical (unpaired) electrons. The molecule has 0 bridgehead atoms. The van der Waals surface area contributed by atoms with E-state index in [0.29, 0.717) is 41.0 Å². The highest BCUT2D eigenvalue weighted by molar-refractivity contribution is 7.83. The van der Waals surface area contributed by atoms with Crippen LogP contribution in [0.5, 0.6) is 0 Å². The molecular formula is C27H26FN5O5S. The molecule has 1 aliphatic rings. The van der Waals surface area contributed by atoms with Crippen molar-refractivity contribution in [3.63, 3.8) is 0 Å². The van der Waals surface area contributed by atoms with Crippen LogP contribution in [0.1, 0.15) is 35.6 Å². The van der Waals surface area contributed by atoms with Crippen molar-refractivity contribution < 1.29 is 13.4 Å². The average Bonchev–Trinajstić information content (AvgIpc) is 3.72. The summed E-state index contributed by atoms with van der Waals surface area (Å²) in [6.07, 6.45) is 1.63. The second kappa shape index (κ2) is 9.77. The highest BCUT2D eigenvalue weighted by Gasteiger charge is 2.31. The summed E-state index contributed by atoms with van der Waals surface area (Å²) in [7, 11) is -0.319. The summed E-state index contributed by atoms with van der Waals surface area (Å²) in [6.45, 7) is 4.95. The van der Waals surface area contributed by atoms with Crippen LogP contribution < -0.4 is 26.8 Å². The van der Waals surface area contributed by atoms with E-state index < -0.39 is 33.6 Å². The molecule has 1 amide bonds. The van der Waals surface area contributed by atoms with Crippen molar-refractivity contribution in [1.29, 1.82) is 0 Å². The van der Waals surface area contributed by atoms with Gasteiger partial charge in [-0.05, 0) is 75.1 Å². The first-order valence-electron chi connectivity index (χ1n) is 12.2. The predicted molar refractivity (Wildman–Crippen MR) is 147 cm³/mol. The van der Waals surface area contributed by atoms with Crippen molar-refractivity contribution >= 4 is 39.8 Å². The Morgan fingerprint density at radius 1 is 1.03 bits per heavy atom. The number of anilines is 2. The van der Waals surface area contributed by atoms with Crippen LogP contribution in [-0.2, 0) is 22.8 Å². The van der Waals surface area contributed by atoms with Gasteiger partial charge in [0.25, 0.3) is 11.1 Å². The fourth-order valence-electron chi connectivity index (χ4n) is 4.79. The molecule has 2 aromatic carbocycles. The predicted octanol–water partition coefficient (Wildman–Crippen LogP) is 2.76. The van der Waals surface area contributed by atoms with Crippen LogP contribution in [-0.4, -0.2) is 24.3 Å². The van der Waals surface area contributed by atoms with Gasteiger partial charge in [0.1, 0.15) is 17.0 Å². The summed E-state index contributed by atoms with van der Waals surface area (Å²) < 4.78 is 33.1. The summed E-state index contributed by atoms with van der Waals surface area (Å²) in [4.78, 5) is 52.2. The number of pyridine rings is 1. The topological polar surface area (TPSA) is 124 Å². The molecule has 1 aliphatic carbocycles. The van der Waals surface area contributed by atoms with Gasteiger partial charge in [-0.3, -0.25) is 32.8 Å². The number of nitrogens with one attached hydrogen (secondary N) is 2. The molecule has 2 heterocycles. The average molecular weight is 552 g/mol. The SMILES string of the molecule is Cc1ccc(Nc2c3c(=O)n(C4CC4)c(=O)n(-c4ccc(S(=O)NC=O)c(C)c4)c3c(C)c(=O)n2C)c(F)c1. The van der Waals surface area contributed by atoms with Crippen LogP contribution in [0.15, 0.2) is 55.7 Å². The third kappa shape index (κ3) is 4.40. The first-order valence-corrected chi connectivity index (χ1v) is 13.4. The lowest BCUT2D eigenvalue weighted by Crippen LogP contribution is -2.41. The number of benzene rings is 2. The number of nitrogens with zero attached hydrogens (tertiary/aromatic N) is 3. The Kier molecular flexibility index (Phi) is 6.59. The molecule has 0 aliphatic heterocycles. The van der Waals surface area contributed by atoms with E-state index in [1.54, 1.807) is 32.0 Å². The van der Waals surface area contributed by atoms with E-state index in [2.05, 4.69) is 10.0 Å². The van der Waals surface area contributed by atoms with Gasteiger partial charge in [-0.25, -0.2) is 13.4 Å². The number of amides is 1. The number of fused-ring (bicyclic) bond motifs is 1. The maximum Gasteiger partial charge on any atom is 0.336 e. The fourth-order valence-corrected chi connectivity index (χ4v) is 5.55. The monoisotopic (exact) mass is 551 g/mol.